The summed E-state index contributed by atoms with van der Waals surface area (Å²) >= 11 is 0. The van der Waals surface area contributed by atoms with Crippen molar-refractivity contribution in [1.29, 1.82) is 0 Å². The number of carbonyl (C=O) groups excluding carboxylic acids is 1. The lowest BCUT2D eigenvalue weighted by molar-refractivity contribution is -0.385. The van der Waals surface area contributed by atoms with Gasteiger partial charge in [-0.25, -0.2) is 5.01 Å². The number of allylic oxidation sites excluding steroid dienone is 1. The normalized spacial score (nSPS) is 20.1. The molecule has 1 aliphatic heterocycles. The molecule has 0 saturated heterocycles. The summed E-state index contributed by atoms with van der Waals surface area (Å²) in [5.74, 6) is -0.312. The van der Waals surface area contributed by atoms with Crippen LogP contribution in [0.5, 0.6) is 0 Å². The van der Waals surface area contributed by atoms with E-state index < -0.39 is 15.9 Å². The Hall–Kier alpha value is -4.66. The van der Waals surface area contributed by atoms with Crippen LogP contribution in [-0.2, 0) is 0 Å². The number of benzene rings is 3. The van der Waals surface area contributed by atoms with E-state index >= 15 is 0 Å². The third-order valence-electron chi connectivity index (χ3n) is 6.62. The predicted octanol–water partition coefficient (Wildman–Crippen LogP) is 5.94. The summed E-state index contributed by atoms with van der Waals surface area (Å²) in [6.45, 7) is 0. The Morgan fingerprint density at radius 2 is 1.50 bits per heavy atom. The Labute approximate surface area is 206 Å². The van der Waals surface area contributed by atoms with Gasteiger partial charge in [0.05, 0.1) is 21.6 Å². The Bertz CT molecular complexity index is 1380. The number of non-ortho nitro benzene ring substituents is 2. The van der Waals surface area contributed by atoms with Crippen LogP contribution in [0.15, 0.2) is 89.5 Å². The number of nitrogens with zero attached hydrogens (tertiary/aromatic N) is 4. The van der Waals surface area contributed by atoms with Gasteiger partial charge in [0, 0.05) is 35.7 Å². The largest absolute Gasteiger partial charge is 0.274 e. The molecule has 1 heterocycles. The van der Waals surface area contributed by atoms with Gasteiger partial charge >= 0.3 is 0 Å². The Balaban J connectivity index is 1.55. The van der Waals surface area contributed by atoms with Gasteiger partial charge in [0.2, 0.25) is 0 Å². The van der Waals surface area contributed by atoms with Gasteiger partial charge in [-0.2, -0.15) is 5.10 Å². The first kappa shape index (κ1) is 23.1. The molecule has 0 aromatic heterocycles. The summed E-state index contributed by atoms with van der Waals surface area (Å²) in [6, 6.07) is 21.1. The zero-order chi connectivity index (χ0) is 25.2. The van der Waals surface area contributed by atoms with E-state index in [1.165, 1.54) is 29.3 Å². The van der Waals surface area contributed by atoms with Crippen molar-refractivity contribution in [2.45, 2.75) is 25.3 Å². The van der Waals surface area contributed by atoms with E-state index in [-0.39, 0.29) is 23.2 Å². The maximum atomic E-state index is 13.5. The maximum absolute atomic E-state index is 13.5. The van der Waals surface area contributed by atoms with Crippen molar-refractivity contribution >= 4 is 29.1 Å². The molecule has 0 spiro atoms. The van der Waals surface area contributed by atoms with E-state index in [9.17, 15) is 25.0 Å². The standard InChI is InChI=1S/C27H22N4O5/c32-27(20-5-2-1-3-6-20)29-26(19-11-15-23(16-12-19)31(35)36)24-8-4-7-21(25(24)28-29)17-18-9-13-22(14-10-18)30(33)34/h1-3,5-6,9-17,24,26H,4,7-8H2/b21-17+/t24-,26+/m0/s1. The minimum Gasteiger partial charge on any atom is -0.267 e. The second-order valence-corrected chi connectivity index (χ2v) is 8.81. The molecule has 3 aromatic rings. The van der Waals surface area contributed by atoms with Gasteiger partial charge in [0.1, 0.15) is 0 Å². The second kappa shape index (κ2) is 9.53. The molecule has 0 radical (unpaired) electrons. The maximum Gasteiger partial charge on any atom is 0.274 e. The third kappa shape index (κ3) is 4.38. The van der Waals surface area contributed by atoms with E-state index in [0.717, 1.165) is 41.7 Å². The number of amides is 1. The van der Waals surface area contributed by atoms with Crippen molar-refractivity contribution in [2.24, 2.45) is 11.0 Å². The molecule has 2 aliphatic rings. The number of nitro groups is 2. The van der Waals surface area contributed by atoms with Crippen molar-refractivity contribution in [3.63, 3.8) is 0 Å². The van der Waals surface area contributed by atoms with Crippen LogP contribution in [0.4, 0.5) is 11.4 Å². The first-order valence-corrected chi connectivity index (χ1v) is 11.6. The topological polar surface area (TPSA) is 119 Å². The molecule has 2 atom stereocenters. The van der Waals surface area contributed by atoms with Crippen LogP contribution in [0, 0.1) is 26.1 Å². The van der Waals surface area contributed by atoms with Crippen molar-refractivity contribution in [3.8, 4) is 0 Å². The molecular weight excluding hydrogens is 460 g/mol. The number of nitro benzene ring substituents is 2. The molecule has 1 aliphatic carbocycles. The third-order valence-corrected chi connectivity index (χ3v) is 6.62. The van der Waals surface area contributed by atoms with Gasteiger partial charge in [0.25, 0.3) is 17.3 Å². The summed E-state index contributed by atoms with van der Waals surface area (Å²) in [5.41, 5.74) is 3.91. The van der Waals surface area contributed by atoms with Crippen LogP contribution < -0.4 is 0 Å². The molecule has 0 N–H and O–H groups in total. The molecule has 9 nitrogen and oxygen atoms in total. The molecule has 36 heavy (non-hydrogen) atoms. The van der Waals surface area contributed by atoms with Crippen molar-refractivity contribution in [2.75, 3.05) is 0 Å². The number of fused-ring (bicyclic) bond motifs is 1. The fraction of sp³-hybridized carbons (Fsp3) is 0.185. The van der Waals surface area contributed by atoms with Gasteiger partial charge in [-0.3, -0.25) is 25.0 Å². The highest BCUT2D eigenvalue weighted by atomic mass is 16.6. The fourth-order valence-corrected chi connectivity index (χ4v) is 4.90. The zero-order valence-corrected chi connectivity index (χ0v) is 19.2. The highest BCUT2D eigenvalue weighted by Crippen LogP contribution is 2.45. The Kier molecular flexibility index (Phi) is 6.12. The second-order valence-electron chi connectivity index (χ2n) is 8.81. The lowest BCUT2D eigenvalue weighted by atomic mass is 9.77. The number of rotatable bonds is 5. The fourth-order valence-electron chi connectivity index (χ4n) is 4.90. The van der Waals surface area contributed by atoms with E-state index in [2.05, 4.69) is 0 Å². The number of hydrazone groups is 1. The zero-order valence-electron chi connectivity index (χ0n) is 19.2. The molecule has 1 amide bonds. The quantitative estimate of drug-likeness (QED) is 0.329. The van der Waals surface area contributed by atoms with Crippen LogP contribution in [0.25, 0.3) is 6.08 Å². The van der Waals surface area contributed by atoms with Gasteiger partial charge < -0.3 is 0 Å². The molecule has 9 heteroatoms. The summed E-state index contributed by atoms with van der Waals surface area (Å²) < 4.78 is 0. The van der Waals surface area contributed by atoms with Crippen molar-refractivity contribution in [3.05, 3.63) is 121 Å². The van der Waals surface area contributed by atoms with Gasteiger partial charge in [-0.15, -0.1) is 0 Å². The van der Waals surface area contributed by atoms with E-state index in [0.29, 0.717) is 5.56 Å². The average Bonchev–Trinajstić information content (AvgIpc) is 3.30. The summed E-state index contributed by atoms with van der Waals surface area (Å²) in [6.07, 6.45) is 4.45. The van der Waals surface area contributed by atoms with Crippen LogP contribution in [0.3, 0.4) is 0 Å². The average molecular weight is 482 g/mol. The molecule has 0 bridgehead atoms. The highest BCUT2D eigenvalue weighted by Gasteiger charge is 2.44. The van der Waals surface area contributed by atoms with Crippen molar-refractivity contribution < 1.29 is 14.6 Å². The number of carbonyl (C=O) groups is 1. The molecule has 180 valence electrons. The van der Waals surface area contributed by atoms with Crippen LogP contribution in [-0.4, -0.2) is 26.5 Å². The van der Waals surface area contributed by atoms with Crippen LogP contribution >= 0.6 is 0 Å². The van der Waals surface area contributed by atoms with E-state index in [4.69, 9.17) is 5.10 Å². The Morgan fingerprint density at radius 1 is 0.889 bits per heavy atom. The molecule has 0 unspecified atom stereocenters. The predicted molar refractivity (Wildman–Crippen MR) is 134 cm³/mol. The van der Waals surface area contributed by atoms with Gasteiger partial charge in [-0.1, -0.05) is 30.3 Å². The van der Waals surface area contributed by atoms with Gasteiger partial charge in [-0.05, 0) is 66.3 Å². The van der Waals surface area contributed by atoms with Crippen molar-refractivity contribution in [1.82, 2.24) is 5.01 Å². The molecule has 5 rings (SSSR count). The lowest BCUT2D eigenvalue weighted by Gasteiger charge is -2.29. The SMILES string of the molecule is O=C(c1ccccc1)N1N=C2/C(=C/c3ccc([N+](=O)[O-])cc3)CCC[C@@H]2[C@H]1c1ccc([N+](=O)[O-])cc1. The summed E-state index contributed by atoms with van der Waals surface area (Å²) in [5, 5.41) is 28.5. The molecule has 1 saturated carbocycles. The monoisotopic (exact) mass is 482 g/mol. The van der Waals surface area contributed by atoms with E-state index in [1.807, 2.05) is 12.1 Å². The van der Waals surface area contributed by atoms with E-state index in [1.54, 1.807) is 48.5 Å². The smallest absolute Gasteiger partial charge is 0.267 e. The Morgan fingerprint density at radius 3 is 2.11 bits per heavy atom. The van der Waals surface area contributed by atoms with Gasteiger partial charge in [0.15, 0.2) is 0 Å². The minimum atomic E-state index is -0.446. The molecule has 3 aromatic carbocycles. The highest BCUT2D eigenvalue weighted by molar-refractivity contribution is 6.09. The summed E-state index contributed by atoms with van der Waals surface area (Å²) in [4.78, 5) is 34.8. The first-order valence-electron chi connectivity index (χ1n) is 11.6. The first-order chi connectivity index (χ1) is 17.4. The summed E-state index contributed by atoms with van der Waals surface area (Å²) in [7, 11) is 0. The van der Waals surface area contributed by atoms with Crippen LogP contribution in [0.1, 0.15) is 46.8 Å². The number of hydrogen-bond donors (Lipinski definition) is 0. The lowest BCUT2D eigenvalue weighted by Crippen LogP contribution is -2.31. The molecular formula is C27H22N4O5. The number of hydrogen-bond acceptors (Lipinski definition) is 6. The van der Waals surface area contributed by atoms with Crippen LogP contribution in [0.2, 0.25) is 0 Å². The molecule has 1 fully saturated rings. The minimum absolute atomic E-state index is 0.0128.